The van der Waals surface area contributed by atoms with Gasteiger partial charge >= 0.3 is 0 Å². The van der Waals surface area contributed by atoms with Gasteiger partial charge in [-0.05, 0) is 69.6 Å². The second-order valence-electron chi connectivity index (χ2n) is 15.6. The highest BCUT2D eigenvalue weighted by Gasteiger charge is 2.57. The molecule has 0 radical (unpaired) electrons. The van der Waals surface area contributed by atoms with Crippen molar-refractivity contribution in [1.29, 1.82) is 0 Å². The molecule has 0 aromatic rings. The van der Waals surface area contributed by atoms with Gasteiger partial charge in [0.1, 0.15) is 11.3 Å². The molecule has 6 aliphatic rings. The average molecular weight is 615 g/mol. The van der Waals surface area contributed by atoms with E-state index in [0.717, 1.165) is 38.9 Å². The minimum atomic E-state index is -1.40. The number of aliphatic hydroxyl groups excluding tert-OH is 1. The van der Waals surface area contributed by atoms with Gasteiger partial charge in [-0.1, -0.05) is 20.8 Å². The first-order valence-corrected chi connectivity index (χ1v) is 17.2. The predicted octanol–water partition coefficient (Wildman–Crippen LogP) is 5.59. The van der Waals surface area contributed by atoms with Crippen LogP contribution in [0.2, 0.25) is 0 Å². The van der Waals surface area contributed by atoms with Crippen LogP contribution >= 0.6 is 0 Å². The maximum Gasteiger partial charge on any atom is 0.139 e. The summed E-state index contributed by atoms with van der Waals surface area (Å²) in [6.45, 7) is 10.8. The number of hydrogen-bond donors (Lipinski definition) is 1. The number of halogens is 2. The van der Waals surface area contributed by atoms with Gasteiger partial charge in [0.25, 0.3) is 0 Å². The first-order chi connectivity index (χ1) is 20.6. The molecule has 248 valence electrons. The van der Waals surface area contributed by atoms with E-state index in [1.807, 2.05) is 6.92 Å². The second-order valence-corrected chi connectivity index (χ2v) is 15.6. The summed E-state index contributed by atoms with van der Waals surface area (Å²) in [7, 11) is 0. The third-order valence-electron chi connectivity index (χ3n) is 12.7. The molecule has 6 rings (SSSR count). The van der Waals surface area contributed by atoms with Crippen molar-refractivity contribution in [1.82, 2.24) is 0 Å². The molecule has 9 atom stereocenters. The molecule has 9 unspecified atom stereocenters. The highest BCUT2D eigenvalue weighted by Crippen LogP contribution is 2.53. The summed E-state index contributed by atoms with van der Waals surface area (Å²) in [6.07, 6.45) is 6.23. The van der Waals surface area contributed by atoms with Gasteiger partial charge < -0.3 is 33.5 Å². The van der Waals surface area contributed by atoms with E-state index in [2.05, 4.69) is 13.8 Å². The maximum absolute atomic E-state index is 16.3. The highest BCUT2D eigenvalue weighted by molar-refractivity contribution is 5.07. The SMILES string of the molecule is CCC1(COC2CC3(F)CC2CCC3OCC(CC)(CO)COC2CC3(F)CC2CCC3OCC2(CC)COC2)COC1. The van der Waals surface area contributed by atoms with Gasteiger partial charge in [-0.25, -0.2) is 8.78 Å². The lowest BCUT2D eigenvalue weighted by molar-refractivity contribution is -0.180. The Morgan fingerprint density at radius 2 is 1.16 bits per heavy atom. The topological polar surface area (TPSA) is 75.6 Å². The monoisotopic (exact) mass is 614 g/mol. The third-order valence-corrected chi connectivity index (χ3v) is 12.7. The molecule has 0 amide bonds. The van der Waals surface area contributed by atoms with E-state index in [1.54, 1.807) is 0 Å². The Hall–Kier alpha value is -0.420. The third kappa shape index (κ3) is 6.31. The van der Waals surface area contributed by atoms with Crippen LogP contribution in [0.5, 0.6) is 0 Å². The van der Waals surface area contributed by atoms with E-state index in [4.69, 9.17) is 28.4 Å². The molecule has 2 heterocycles. The number of rotatable bonds is 16. The largest absolute Gasteiger partial charge is 0.396 e. The number of hydrogen-bond acceptors (Lipinski definition) is 7. The van der Waals surface area contributed by atoms with Gasteiger partial charge in [-0.15, -0.1) is 0 Å². The van der Waals surface area contributed by atoms with Gasteiger partial charge in [-0.2, -0.15) is 0 Å². The lowest BCUT2D eigenvalue weighted by atomic mass is 9.82. The van der Waals surface area contributed by atoms with E-state index in [9.17, 15) is 5.11 Å². The van der Waals surface area contributed by atoms with E-state index in [1.165, 1.54) is 0 Å². The van der Waals surface area contributed by atoms with E-state index < -0.39 is 29.0 Å². The molecule has 0 spiro atoms. The molecule has 0 aromatic carbocycles. The van der Waals surface area contributed by atoms with Crippen LogP contribution in [0.15, 0.2) is 0 Å². The molecule has 4 saturated carbocycles. The molecule has 0 aromatic heterocycles. The van der Waals surface area contributed by atoms with Gasteiger partial charge in [0.15, 0.2) is 0 Å². The number of ether oxygens (including phenoxy) is 6. The lowest BCUT2D eigenvalue weighted by Gasteiger charge is -2.43. The maximum atomic E-state index is 16.3. The van der Waals surface area contributed by atoms with Crippen LogP contribution in [-0.4, -0.2) is 100 Å². The summed E-state index contributed by atoms with van der Waals surface area (Å²) in [5, 5.41) is 10.5. The van der Waals surface area contributed by atoms with Crippen molar-refractivity contribution in [2.24, 2.45) is 28.1 Å². The highest BCUT2D eigenvalue weighted by atomic mass is 19.1. The summed E-state index contributed by atoms with van der Waals surface area (Å²) < 4.78 is 68.7. The summed E-state index contributed by atoms with van der Waals surface area (Å²) in [6, 6.07) is 0. The summed E-state index contributed by atoms with van der Waals surface area (Å²) in [5.74, 6) is 0.387. The van der Waals surface area contributed by atoms with Crippen LogP contribution < -0.4 is 0 Å². The Kier molecular flexibility index (Phi) is 9.56. The minimum Gasteiger partial charge on any atom is -0.396 e. The summed E-state index contributed by atoms with van der Waals surface area (Å²) in [4.78, 5) is 0. The Morgan fingerprint density at radius 1 is 0.674 bits per heavy atom. The zero-order chi connectivity index (χ0) is 30.3. The standard InChI is InChI=1S/C34H56F2O7/c1-4-30(15-37,20-40-26-13-34(36)11-24(26)8-10-29(34)43-23-32(6-3)18-39-19-32)21-42-28-9-7-25-12-33(28,35)14-27(25)41-22-31(5-2)16-38-17-31/h24-29,37H,4-23H2,1-3H3. The van der Waals surface area contributed by atoms with E-state index in [-0.39, 0.29) is 54.7 Å². The smallest absolute Gasteiger partial charge is 0.139 e. The van der Waals surface area contributed by atoms with Gasteiger partial charge in [0.2, 0.25) is 0 Å². The fourth-order valence-electron chi connectivity index (χ4n) is 8.64. The van der Waals surface area contributed by atoms with Crippen LogP contribution in [-0.2, 0) is 28.4 Å². The van der Waals surface area contributed by atoms with Gasteiger partial charge in [0, 0.05) is 29.1 Å². The lowest BCUT2D eigenvalue weighted by Crippen LogP contribution is -2.49. The molecule has 9 heteroatoms. The van der Waals surface area contributed by atoms with Gasteiger partial charge in [-0.3, -0.25) is 0 Å². The molecule has 43 heavy (non-hydrogen) atoms. The molecular formula is C34H56F2O7. The van der Waals surface area contributed by atoms with Crippen LogP contribution in [0.3, 0.4) is 0 Å². The average Bonchev–Trinajstić information content (AvgIpc) is 3.39. The quantitative estimate of drug-likeness (QED) is 0.243. The number of alkyl halides is 2. The second kappa shape index (κ2) is 12.6. The molecule has 7 nitrogen and oxygen atoms in total. The normalized spacial score (nSPS) is 42.3. The van der Waals surface area contributed by atoms with Crippen molar-refractivity contribution < 1.29 is 42.3 Å². The zero-order valence-corrected chi connectivity index (χ0v) is 26.8. The van der Waals surface area contributed by atoms with E-state index in [0.29, 0.717) is 71.4 Å². The molecule has 4 aliphatic carbocycles. The Morgan fingerprint density at radius 3 is 1.63 bits per heavy atom. The van der Waals surface area contributed by atoms with Crippen molar-refractivity contribution in [3.05, 3.63) is 0 Å². The zero-order valence-electron chi connectivity index (χ0n) is 26.8. The molecule has 2 aliphatic heterocycles. The fraction of sp³-hybridized carbons (Fsp3) is 1.00. The Bertz CT molecular complexity index is 929. The first kappa shape index (κ1) is 32.5. The molecule has 4 bridgehead atoms. The fourth-order valence-corrected chi connectivity index (χ4v) is 8.64. The Balaban J connectivity index is 0.995. The van der Waals surface area contributed by atoms with Crippen LogP contribution in [0, 0.1) is 28.1 Å². The molecule has 1 N–H and O–H groups in total. The Labute approximate surface area is 257 Å². The van der Waals surface area contributed by atoms with Crippen LogP contribution in [0.1, 0.15) is 91.4 Å². The number of fused-ring (bicyclic) bond motifs is 4. The summed E-state index contributed by atoms with van der Waals surface area (Å²) in [5.41, 5.74) is -3.29. The minimum absolute atomic E-state index is 0.0385. The van der Waals surface area contributed by atoms with Crippen LogP contribution in [0.4, 0.5) is 8.78 Å². The van der Waals surface area contributed by atoms with Crippen molar-refractivity contribution in [2.45, 2.75) is 127 Å². The van der Waals surface area contributed by atoms with Crippen molar-refractivity contribution in [2.75, 3.05) is 59.5 Å². The van der Waals surface area contributed by atoms with Crippen LogP contribution in [0.25, 0.3) is 0 Å². The molecule has 6 fully saturated rings. The molecular weight excluding hydrogens is 558 g/mol. The molecule has 2 saturated heterocycles. The predicted molar refractivity (Wildman–Crippen MR) is 157 cm³/mol. The first-order valence-electron chi connectivity index (χ1n) is 17.2. The van der Waals surface area contributed by atoms with Gasteiger partial charge in [0.05, 0.1) is 83.9 Å². The van der Waals surface area contributed by atoms with Crippen molar-refractivity contribution >= 4 is 0 Å². The van der Waals surface area contributed by atoms with Crippen molar-refractivity contribution in [3.8, 4) is 0 Å². The summed E-state index contributed by atoms with van der Waals surface area (Å²) >= 11 is 0. The number of aliphatic hydroxyl groups is 1. The van der Waals surface area contributed by atoms with E-state index >= 15 is 8.78 Å². The van der Waals surface area contributed by atoms with Crippen molar-refractivity contribution in [3.63, 3.8) is 0 Å².